The van der Waals surface area contributed by atoms with E-state index in [0.29, 0.717) is 37.3 Å². The summed E-state index contributed by atoms with van der Waals surface area (Å²) >= 11 is 0. The second kappa shape index (κ2) is 8.64. The quantitative estimate of drug-likeness (QED) is 0.370. The van der Waals surface area contributed by atoms with Crippen molar-refractivity contribution < 1.29 is 27.4 Å². The van der Waals surface area contributed by atoms with Gasteiger partial charge in [-0.15, -0.1) is 0 Å². The van der Waals surface area contributed by atoms with Gasteiger partial charge >= 0.3 is 6.09 Å². The Labute approximate surface area is 173 Å². The van der Waals surface area contributed by atoms with Crippen LogP contribution in [-0.4, -0.2) is 70.3 Å². The monoisotopic (exact) mass is 442 g/mol. The standard InChI is InChI=1S/C17H23FN6O5S/c1-30(27,28)21-9-13-10-24(16(25)29-13)12-2-3-15(14(18)8-12)23-6-4-17(26,5-7-23)11-20-22-19/h2-3,8,13,21,26H,4-7,9-11H2,1H3. The first-order valence-corrected chi connectivity index (χ1v) is 11.2. The lowest BCUT2D eigenvalue weighted by Crippen LogP contribution is -2.46. The summed E-state index contributed by atoms with van der Waals surface area (Å²) in [7, 11) is -3.42. The van der Waals surface area contributed by atoms with Gasteiger partial charge in [0.05, 0.1) is 36.3 Å². The van der Waals surface area contributed by atoms with Gasteiger partial charge in [-0.3, -0.25) is 4.90 Å². The number of nitrogens with zero attached hydrogens (tertiary/aromatic N) is 5. The molecule has 0 aromatic heterocycles. The number of benzene rings is 1. The molecule has 0 spiro atoms. The van der Waals surface area contributed by atoms with Gasteiger partial charge in [-0.1, -0.05) is 5.11 Å². The summed E-state index contributed by atoms with van der Waals surface area (Å²) in [5.41, 5.74) is 7.97. The molecule has 1 aromatic carbocycles. The minimum Gasteiger partial charge on any atom is -0.443 e. The number of cyclic esters (lactones) is 1. The second-order valence-corrected chi connectivity index (χ2v) is 9.31. The van der Waals surface area contributed by atoms with Gasteiger partial charge in [0.15, 0.2) is 0 Å². The van der Waals surface area contributed by atoms with Crippen molar-refractivity contribution in [2.75, 3.05) is 48.8 Å². The van der Waals surface area contributed by atoms with Gasteiger partial charge in [-0.2, -0.15) is 0 Å². The zero-order valence-corrected chi connectivity index (χ0v) is 17.2. The first-order valence-electron chi connectivity index (χ1n) is 9.31. The molecule has 1 unspecified atom stereocenters. The van der Waals surface area contributed by atoms with Crippen molar-refractivity contribution in [1.82, 2.24) is 4.72 Å². The van der Waals surface area contributed by atoms with Gasteiger partial charge in [0, 0.05) is 24.5 Å². The molecule has 1 amide bonds. The molecule has 2 N–H and O–H groups in total. The van der Waals surface area contributed by atoms with Crippen molar-refractivity contribution in [3.63, 3.8) is 0 Å². The number of azide groups is 1. The highest BCUT2D eigenvalue weighted by Crippen LogP contribution is 2.31. The van der Waals surface area contributed by atoms with E-state index in [0.717, 1.165) is 6.26 Å². The van der Waals surface area contributed by atoms with Gasteiger partial charge in [0.1, 0.15) is 11.9 Å². The Kier molecular flexibility index (Phi) is 6.36. The van der Waals surface area contributed by atoms with Crippen LogP contribution in [0.1, 0.15) is 12.8 Å². The molecule has 164 valence electrons. The van der Waals surface area contributed by atoms with Gasteiger partial charge < -0.3 is 14.7 Å². The number of hydrogen-bond acceptors (Lipinski definition) is 7. The van der Waals surface area contributed by atoms with E-state index in [1.807, 2.05) is 0 Å². The van der Waals surface area contributed by atoms with E-state index in [1.165, 1.54) is 11.0 Å². The molecule has 13 heteroatoms. The number of anilines is 2. The number of piperidine rings is 1. The third-order valence-corrected chi connectivity index (χ3v) is 5.84. The molecule has 0 aliphatic carbocycles. The topological polar surface area (TPSA) is 148 Å². The number of aliphatic hydroxyl groups is 1. The Morgan fingerprint density at radius 2 is 2.13 bits per heavy atom. The zero-order valence-electron chi connectivity index (χ0n) is 16.4. The summed E-state index contributed by atoms with van der Waals surface area (Å²) in [6.45, 7) is 0.785. The van der Waals surface area contributed by atoms with Crippen LogP contribution in [0.3, 0.4) is 0 Å². The minimum absolute atomic E-state index is 0.0226. The summed E-state index contributed by atoms with van der Waals surface area (Å²) in [6, 6.07) is 4.37. The van der Waals surface area contributed by atoms with Crippen molar-refractivity contribution in [1.29, 1.82) is 0 Å². The molecular formula is C17H23FN6O5S. The highest BCUT2D eigenvalue weighted by atomic mass is 32.2. The number of carbonyl (C=O) groups is 1. The molecule has 1 atom stereocenters. The lowest BCUT2D eigenvalue weighted by molar-refractivity contribution is 0.0250. The van der Waals surface area contributed by atoms with Crippen molar-refractivity contribution in [3.05, 3.63) is 34.5 Å². The highest BCUT2D eigenvalue weighted by molar-refractivity contribution is 7.88. The summed E-state index contributed by atoms with van der Waals surface area (Å²) in [5.74, 6) is -0.529. The lowest BCUT2D eigenvalue weighted by Gasteiger charge is -2.38. The SMILES string of the molecule is CS(=O)(=O)NCC1CN(c2ccc(N3CCC(O)(CN=[N+]=[N-])CC3)c(F)c2)C(=O)O1. The third kappa shape index (κ3) is 5.30. The number of rotatable bonds is 7. The largest absolute Gasteiger partial charge is 0.443 e. The van der Waals surface area contributed by atoms with E-state index < -0.39 is 33.6 Å². The van der Waals surface area contributed by atoms with Gasteiger partial charge in [0.25, 0.3) is 0 Å². The van der Waals surface area contributed by atoms with Gasteiger partial charge in [-0.05, 0) is 36.6 Å². The molecule has 0 saturated carbocycles. The van der Waals surface area contributed by atoms with Crippen LogP contribution in [0.2, 0.25) is 0 Å². The van der Waals surface area contributed by atoms with E-state index in [-0.39, 0.29) is 19.6 Å². The number of nitrogens with one attached hydrogen (secondary N) is 1. The second-order valence-electron chi connectivity index (χ2n) is 7.47. The summed E-state index contributed by atoms with van der Waals surface area (Å²) in [4.78, 5) is 17.8. The normalized spacial score (nSPS) is 21.3. The predicted molar refractivity (Wildman–Crippen MR) is 107 cm³/mol. The first kappa shape index (κ1) is 22.1. The third-order valence-electron chi connectivity index (χ3n) is 5.15. The molecule has 2 aliphatic heterocycles. The molecule has 2 heterocycles. The Morgan fingerprint density at radius 1 is 1.43 bits per heavy atom. The lowest BCUT2D eigenvalue weighted by atomic mass is 9.91. The maximum atomic E-state index is 14.8. The van der Waals surface area contributed by atoms with E-state index in [4.69, 9.17) is 10.3 Å². The number of ether oxygens (including phenoxy) is 1. The first-order chi connectivity index (χ1) is 14.1. The molecule has 11 nitrogen and oxygen atoms in total. The van der Waals surface area contributed by atoms with Crippen LogP contribution < -0.4 is 14.5 Å². The summed E-state index contributed by atoms with van der Waals surface area (Å²) in [6.07, 6.45) is 0.323. The number of sulfonamides is 1. The maximum absolute atomic E-state index is 14.8. The fourth-order valence-corrected chi connectivity index (χ4v) is 3.98. The average molecular weight is 442 g/mol. The molecule has 2 aliphatic rings. The Hall–Kier alpha value is -2.60. The van der Waals surface area contributed by atoms with Crippen molar-refractivity contribution in [3.8, 4) is 0 Å². The molecule has 2 fully saturated rings. The Morgan fingerprint density at radius 3 is 2.73 bits per heavy atom. The van der Waals surface area contributed by atoms with Crippen LogP contribution in [0.4, 0.5) is 20.6 Å². The van der Waals surface area contributed by atoms with Crippen molar-refractivity contribution >= 4 is 27.5 Å². The Bertz CT molecular complexity index is 959. The van der Waals surface area contributed by atoms with Crippen LogP contribution in [0.15, 0.2) is 23.3 Å². The summed E-state index contributed by atoms with van der Waals surface area (Å²) < 4.78 is 44.6. The smallest absolute Gasteiger partial charge is 0.414 e. The predicted octanol–water partition coefficient (Wildman–Crippen LogP) is 1.34. The fourth-order valence-electron chi connectivity index (χ4n) is 3.49. The number of amides is 1. The molecule has 2 saturated heterocycles. The molecule has 0 bridgehead atoms. The van der Waals surface area contributed by atoms with Crippen LogP contribution in [0.5, 0.6) is 0 Å². The van der Waals surface area contributed by atoms with Crippen LogP contribution in [0.25, 0.3) is 10.4 Å². The summed E-state index contributed by atoms with van der Waals surface area (Å²) in [5, 5.41) is 13.8. The highest BCUT2D eigenvalue weighted by Gasteiger charge is 2.35. The van der Waals surface area contributed by atoms with E-state index >= 15 is 0 Å². The van der Waals surface area contributed by atoms with E-state index in [1.54, 1.807) is 17.0 Å². The van der Waals surface area contributed by atoms with Crippen LogP contribution in [-0.2, 0) is 14.8 Å². The van der Waals surface area contributed by atoms with E-state index in [2.05, 4.69) is 14.7 Å². The Balaban J connectivity index is 1.64. The molecule has 3 rings (SSSR count). The van der Waals surface area contributed by atoms with Crippen molar-refractivity contribution in [2.24, 2.45) is 5.11 Å². The zero-order chi connectivity index (χ0) is 21.9. The van der Waals surface area contributed by atoms with Crippen LogP contribution in [0, 0.1) is 5.82 Å². The molecule has 30 heavy (non-hydrogen) atoms. The van der Waals surface area contributed by atoms with E-state index in [9.17, 15) is 22.7 Å². The molecular weight excluding hydrogens is 419 g/mol. The minimum atomic E-state index is -3.42. The average Bonchev–Trinajstić information content (AvgIpc) is 3.06. The number of halogens is 1. The number of carbonyl (C=O) groups excluding carboxylic acids is 1. The van der Waals surface area contributed by atoms with Crippen molar-refractivity contribution in [2.45, 2.75) is 24.5 Å². The van der Waals surface area contributed by atoms with Crippen LogP contribution >= 0.6 is 0 Å². The van der Waals surface area contributed by atoms with Gasteiger partial charge in [0.2, 0.25) is 10.0 Å². The van der Waals surface area contributed by atoms with Gasteiger partial charge in [-0.25, -0.2) is 22.3 Å². The number of hydrogen-bond donors (Lipinski definition) is 2. The fraction of sp³-hybridized carbons (Fsp3) is 0.588. The molecule has 0 radical (unpaired) electrons. The molecule has 1 aromatic rings. The maximum Gasteiger partial charge on any atom is 0.414 e.